The number of morpholine rings is 4. The monoisotopic (exact) mass is 1150 g/mol. The van der Waals surface area contributed by atoms with Crippen molar-refractivity contribution in [3.63, 3.8) is 0 Å². The Morgan fingerprint density at radius 2 is 0.643 bits per heavy atom. The Hall–Kier alpha value is -6.06. The van der Waals surface area contributed by atoms with Crippen LogP contribution >= 0.6 is 0 Å². The van der Waals surface area contributed by atoms with Crippen molar-refractivity contribution in [1.29, 1.82) is 10.5 Å². The van der Waals surface area contributed by atoms with E-state index in [0.29, 0.717) is 12.1 Å². The predicted octanol–water partition coefficient (Wildman–Crippen LogP) is 10.5. The summed E-state index contributed by atoms with van der Waals surface area (Å²) in [5, 5.41) is 41.1. The molecule has 0 aromatic heterocycles. The highest BCUT2D eigenvalue weighted by Crippen LogP contribution is 2.43. The van der Waals surface area contributed by atoms with Crippen molar-refractivity contribution in [2.24, 2.45) is 0 Å². The fraction of sp³-hybridized carbons (Fsp3) is 0.606. The Balaban J connectivity index is 0.000000135. The van der Waals surface area contributed by atoms with E-state index in [1.807, 2.05) is 24.3 Å². The molecule has 0 radical (unpaired) electrons. The van der Waals surface area contributed by atoms with Crippen LogP contribution in [0.3, 0.4) is 0 Å². The van der Waals surface area contributed by atoms with E-state index in [9.17, 15) is 30.8 Å². The summed E-state index contributed by atoms with van der Waals surface area (Å²) < 4.78 is 21.7. The van der Waals surface area contributed by atoms with Crippen molar-refractivity contribution in [3.8, 4) is 12.1 Å². The number of nitrogens with two attached hydrogens (primary N) is 2. The number of hydrogen-bond acceptors (Lipinski definition) is 16. The zero-order valence-corrected chi connectivity index (χ0v) is 49.3. The van der Waals surface area contributed by atoms with Gasteiger partial charge in [-0.3, -0.25) is 39.8 Å². The Morgan fingerprint density at radius 3 is 0.881 bits per heavy atom. The highest BCUT2D eigenvalue weighted by Gasteiger charge is 2.41. The number of hydrogen-bond donors (Lipinski definition) is 2. The van der Waals surface area contributed by atoms with Gasteiger partial charge >= 0.3 is 0 Å². The summed E-state index contributed by atoms with van der Waals surface area (Å²) >= 11 is 0. The number of rotatable bonds is 10. The molecule has 12 rings (SSSR count). The van der Waals surface area contributed by atoms with Gasteiger partial charge in [0, 0.05) is 112 Å². The molecule has 4 N–H and O–H groups in total. The van der Waals surface area contributed by atoms with Gasteiger partial charge in [0.2, 0.25) is 0 Å². The Labute approximate surface area is 497 Å². The van der Waals surface area contributed by atoms with Crippen LogP contribution in [-0.2, 0) is 29.8 Å². The minimum absolute atomic E-state index is 0.0730. The minimum atomic E-state index is -0.502. The molecule has 0 amide bonds. The summed E-state index contributed by atoms with van der Waals surface area (Å²) in [4.78, 5) is 31.0. The van der Waals surface area contributed by atoms with Crippen LogP contribution in [0, 0.1) is 42.9 Å². The zero-order chi connectivity index (χ0) is 58.7. The van der Waals surface area contributed by atoms with Crippen LogP contribution in [0.4, 0.5) is 22.7 Å². The average Bonchev–Trinajstić information content (AvgIpc) is 3.31. The number of nitro benzene ring substituents is 2. The van der Waals surface area contributed by atoms with Crippen LogP contribution in [0.1, 0.15) is 137 Å². The van der Waals surface area contributed by atoms with Gasteiger partial charge < -0.3 is 30.4 Å². The van der Waals surface area contributed by atoms with Crippen molar-refractivity contribution in [2.45, 2.75) is 150 Å². The largest absolute Gasteiger partial charge is 0.399 e. The molecule has 4 saturated carbocycles. The number of nitro groups is 2. The van der Waals surface area contributed by atoms with E-state index in [4.69, 9.17) is 30.4 Å². The molecule has 18 heteroatoms. The first-order valence-corrected chi connectivity index (χ1v) is 31.3. The number of anilines is 2. The maximum absolute atomic E-state index is 10.8. The summed E-state index contributed by atoms with van der Waals surface area (Å²) in [6.45, 7) is 15.2. The van der Waals surface area contributed by atoms with Crippen LogP contribution in [0.15, 0.2) is 97.1 Å². The third-order valence-corrected chi connectivity index (χ3v) is 19.8. The van der Waals surface area contributed by atoms with E-state index in [1.165, 1.54) is 86.8 Å². The van der Waals surface area contributed by atoms with Gasteiger partial charge in [0.05, 0.1) is 85.7 Å². The lowest BCUT2D eigenvalue weighted by Crippen LogP contribution is -2.47. The number of nitrogen functional groups attached to an aromatic ring is 2. The Bertz CT molecular complexity index is 2530. The minimum Gasteiger partial charge on any atom is -0.399 e. The lowest BCUT2D eigenvalue weighted by Gasteiger charge is -2.41. The smallest absolute Gasteiger partial charge is 0.269 e. The molecule has 8 aliphatic rings. The molecule has 4 aliphatic carbocycles. The first-order chi connectivity index (χ1) is 40.9. The number of benzene rings is 4. The SMILES string of the molecule is N#CC1(c2ccc([N+](=O)[O-])cc2)CCC(N2CCOCC2)CC1.N#CC1(c2ccc([N+](=O)[O-])cc2)CCC(N2CCOCC2)CC1.Nc1ccc(C2CCC(N3CCOCC3)CC2)cc1.Nc1ccc(C2CCC(N3CCOCC3)CC2)cc1. The molecule has 0 spiro atoms. The fourth-order valence-electron chi connectivity index (χ4n) is 14.5. The number of ether oxygens (including phenoxy) is 4. The lowest BCUT2D eigenvalue weighted by molar-refractivity contribution is -0.385. The van der Waals surface area contributed by atoms with Crippen LogP contribution in [-0.4, -0.2) is 159 Å². The summed E-state index contributed by atoms with van der Waals surface area (Å²) in [5.74, 6) is 1.47. The summed E-state index contributed by atoms with van der Waals surface area (Å²) in [7, 11) is 0. The van der Waals surface area contributed by atoms with Gasteiger partial charge in [0.1, 0.15) is 0 Å². The average molecular weight is 1150 g/mol. The van der Waals surface area contributed by atoms with E-state index in [-0.39, 0.29) is 11.4 Å². The molecule has 8 fully saturated rings. The van der Waals surface area contributed by atoms with Crippen molar-refractivity contribution >= 4 is 22.7 Å². The summed E-state index contributed by atoms with van der Waals surface area (Å²) in [6.07, 6.45) is 17.8. The van der Waals surface area contributed by atoms with Gasteiger partial charge in [-0.05, 0) is 161 Å². The second-order valence-corrected chi connectivity index (χ2v) is 24.4. The molecule has 452 valence electrons. The van der Waals surface area contributed by atoms with E-state index in [2.05, 4.69) is 56.0 Å². The van der Waals surface area contributed by atoms with Gasteiger partial charge in [-0.15, -0.1) is 0 Å². The highest BCUT2D eigenvalue weighted by atomic mass is 16.6. The first-order valence-electron chi connectivity index (χ1n) is 31.3. The van der Waals surface area contributed by atoms with Crippen molar-refractivity contribution in [1.82, 2.24) is 19.6 Å². The second kappa shape index (κ2) is 30.8. The third-order valence-electron chi connectivity index (χ3n) is 19.8. The summed E-state index contributed by atoms with van der Waals surface area (Å²) in [6, 6.07) is 37.5. The molecule has 4 aliphatic heterocycles. The maximum Gasteiger partial charge on any atom is 0.269 e. The van der Waals surface area contributed by atoms with Crippen LogP contribution in [0.2, 0.25) is 0 Å². The Morgan fingerprint density at radius 1 is 0.393 bits per heavy atom. The molecule has 0 unspecified atom stereocenters. The molecule has 0 atom stereocenters. The maximum atomic E-state index is 10.8. The quantitative estimate of drug-likeness (QED) is 0.0853. The molecule has 4 aromatic carbocycles. The van der Waals surface area contributed by atoms with E-state index < -0.39 is 20.7 Å². The van der Waals surface area contributed by atoms with E-state index in [1.54, 1.807) is 24.3 Å². The summed E-state index contributed by atoms with van der Waals surface area (Å²) in [5.41, 5.74) is 17.1. The van der Waals surface area contributed by atoms with Gasteiger partial charge in [-0.2, -0.15) is 10.5 Å². The molecular formula is C66H90N10O8. The van der Waals surface area contributed by atoms with Crippen molar-refractivity contribution in [2.75, 3.05) is 117 Å². The van der Waals surface area contributed by atoms with Gasteiger partial charge in [0.25, 0.3) is 11.4 Å². The van der Waals surface area contributed by atoms with Crippen LogP contribution in [0.5, 0.6) is 0 Å². The second-order valence-electron chi connectivity index (χ2n) is 24.4. The third kappa shape index (κ3) is 16.7. The molecule has 4 heterocycles. The normalized spacial score (nSPS) is 29.1. The molecule has 0 bridgehead atoms. The van der Waals surface area contributed by atoms with Crippen molar-refractivity contribution in [3.05, 3.63) is 140 Å². The predicted molar refractivity (Wildman–Crippen MR) is 327 cm³/mol. The topological polar surface area (TPSA) is 236 Å². The lowest BCUT2D eigenvalue weighted by atomic mass is 9.69. The van der Waals surface area contributed by atoms with Gasteiger partial charge in [0.15, 0.2) is 0 Å². The zero-order valence-electron chi connectivity index (χ0n) is 49.3. The number of nitrogens with zero attached hydrogens (tertiary/aromatic N) is 8. The van der Waals surface area contributed by atoms with Gasteiger partial charge in [-0.25, -0.2) is 0 Å². The van der Waals surface area contributed by atoms with Crippen molar-refractivity contribution < 1.29 is 28.8 Å². The fourth-order valence-corrected chi connectivity index (χ4v) is 14.5. The number of nitriles is 2. The van der Waals surface area contributed by atoms with Crippen LogP contribution in [0.25, 0.3) is 0 Å². The molecular weight excluding hydrogens is 1060 g/mol. The Kier molecular flexibility index (Phi) is 22.9. The standard InChI is InChI=1S/2C17H21N3O3.2C16H24N2O/c2*18-13-17(14-1-3-16(4-2-14)20(21)22)7-5-15(6-8-17)19-9-11-23-12-10-19;2*17-15-5-1-13(2-6-15)14-3-7-16(8-4-14)18-9-11-19-12-10-18/h2*1-4,15H,5-12H2;2*1-2,5-6,14,16H,3-4,7-12,17H2. The van der Waals surface area contributed by atoms with E-state index in [0.717, 1.165) is 203 Å². The first kappa shape index (κ1) is 62.5. The molecule has 18 nitrogen and oxygen atoms in total. The van der Waals surface area contributed by atoms with Gasteiger partial charge in [-0.1, -0.05) is 48.5 Å². The molecule has 84 heavy (non-hydrogen) atoms. The molecule has 4 aromatic rings. The van der Waals surface area contributed by atoms with Crippen LogP contribution < -0.4 is 11.5 Å². The van der Waals surface area contributed by atoms with E-state index >= 15 is 0 Å². The number of non-ortho nitro benzene ring substituents is 2. The highest BCUT2D eigenvalue weighted by molar-refractivity contribution is 5.43. The molecule has 4 saturated heterocycles.